The van der Waals surface area contributed by atoms with Crippen molar-refractivity contribution in [1.29, 1.82) is 0 Å². The maximum atomic E-state index is 12.3. The smallest absolute Gasteiger partial charge is 0.247 e. The van der Waals surface area contributed by atoms with Crippen LogP contribution in [0.1, 0.15) is 20.3 Å². The van der Waals surface area contributed by atoms with E-state index in [1.54, 1.807) is 6.33 Å². The number of rotatable bonds is 3. The second-order valence-corrected chi connectivity index (χ2v) is 6.74. The van der Waals surface area contributed by atoms with Gasteiger partial charge in [0.1, 0.15) is 18.1 Å². The Morgan fingerprint density at radius 2 is 2.19 bits per heavy atom. The zero-order valence-electron chi connectivity index (χ0n) is 12.4. The van der Waals surface area contributed by atoms with Gasteiger partial charge in [-0.3, -0.25) is 4.79 Å². The predicted molar refractivity (Wildman–Crippen MR) is 87.1 cm³/mol. The van der Waals surface area contributed by atoms with E-state index in [0.29, 0.717) is 0 Å². The molecule has 7 heteroatoms. The van der Waals surface area contributed by atoms with E-state index in [1.807, 2.05) is 11.8 Å². The van der Waals surface area contributed by atoms with E-state index >= 15 is 0 Å². The van der Waals surface area contributed by atoms with Crippen molar-refractivity contribution >= 4 is 35.0 Å². The Morgan fingerprint density at radius 3 is 2.90 bits per heavy atom. The first-order valence-corrected chi connectivity index (χ1v) is 8.61. The molecule has 21 heavy (non-hydrogen) atoms. The molecule has 0 bridgehead atoms. The van der Waals surface area contributed by atoms with Crippen LogP contribution in [0.4, 0.5) is 17.3 Å². The molecule has 3 heterocycles. The van der Waals surface area contributed by atoms with Crippen LogP contribution in [0.2, 0.25) is 0 Å². The summed E-state index contributed by atoms with van der Waals surface area (Å²) in [6.45, 7) is 6.08. The molecular weight excluding hydrogens is 286 g/mol. The summed E-state index contributed by atoms with van der Waals surface area (Å²) in [6.07, 6.45) is 2.52. The normalized spacial score (nSPS) is 23.0. The molecule has 3 rings (SSSR count). The van der Waals surface area contributed by atoms with E-state index in [2.05, 4.69) is 39.3 Å². The lowest BCUT2D eigenvalue weighted by Crippen LogP contribution is -2.44. The van der Waals surface area contributed by atoms with Crippen molar-refractivity contribution in [3.8, 4) is 0 Å². The van der Waals surface area contributed by atoms with Gasteiger partial charge in [0.2, 0.25) is 5.91 Å². The number of fused-ring (bicyclic) bond motifs is 1. The molecule has 1 aromatic heterocycles. The first kappa shape index (κ1) is 14.4. The van der Waals surface area contributed by atoms with Gasteiger partial charge in [-0.25, -0.2) is 9.97 Å². The zero-order valence-corrected chi connectivity index (χ0v) is 13.2. The molecule has 0 aliphatic carbocycles. The van der Waals surface area contributed by atoms with Crippen LogP contribution in [-0.2, 0) is 4.79 Å². The number of carbonyl (C=O) groups excluding carboxylic acids is 1. The van der Waals surface area contributed by atoms with Crippen LogP contribution in [0.15, 0.2) is 6.33 Å². The van der Waals surface area contributed by atoms with Gasteiger partial charge in [-0.15, -0.1) is 0 Å². The van der Waals surface area contributed by atoms with Gasteiger partial charge < -0.3 is 15.5 Å². The maximum Gasteiger partial charge on any atom is 0.247 e. The van der Waals surface area contributed by atoms with E-state index in [1.165, 1.54) is 0 Å². The Bertz CT molecular complexity index is 532. The molecular formula is C14H21N5OS. The number of hydrogen-bond donors (Lipinski definition) is 2. The molecule has 114 valence electrons. The van der Waals surface area contributed by atoms with E-state index in [-0.39, 0.29) is 17.9 Å². The second-order valence-electron chi connectivity index (χ2n) is 5.52. The molecule has 1 amide bonds. The number of nitrogens with zero attached hydrogens (tertiary/aromatic N) is 3. The van der Waals surface area contributed by atoms with Crippen LogP contribution >= 0.6 is 11.8 Å². The summed E-state index contributed by atoms with van der Waals surface area (Å²) in [6, 6.07) is -0.220. The summed E-state index contributed by atoms with van der Waals surface area (Å²) in [5, 5.41) is 6.30. The minimum Gasteiger partial charge on any atom is -0.356 e. The molecule has 1 fully saturated rings. The Morgan fingerprint density at radius 1 is 1.43 bits per heavy atom. The minimum absolute atomic E-state index is 0.0132. The molecule has 6 nitrogen and oxygen atoms in total. The van der Waals surface area contributed by atoms with Crippen molar-refractivity contribution in [2.75, 3.05) is 40.1 Å². The average molecular weight is 307 g/mol. The molecule has 2 aliphatic rings. The van der Waals surface area contributed by atoms with Gasteiger partial charge in [-0.1, -0.05) is 20.3 Å². The lowest BCUT2D eigenvalue weighted by molar-refractivity contribution is -0.118. The summed E-state index contributed by atoms with van der Waals surface area (Å²) >= 11 is 1.95. The summed E-state index contributed by atoms with van der Waals surface area (Å²) in [5.41, 5.74) is 0.731. The molecule has 0 aromatic carbocycles. The van der Waals surface area contributed by atoms with Crippen molar-refractivity contribution in [3.05, 3.63) is 6.33 Å². The van der Waals surface area contributed by atoms with Gasteiger partial charge in [0.15, 0.2) is 11.6 Å². The van der Waals surface area contributed by atoms with Gasteiger partial charge in [0.25, 0.3) is 0 Å². The summed E-state index contributed by atoms with van der Waals surface area (Å²) in [4.78, 5) is 23.3. The molecule has 1 aromatic rings. The fourth-order valence-corrected chi connectivity index (χ4v) is 3.57. The van der Waals surface area contributed by atoms with E-state index in [4.69, 9.17) is 0 Å². The monoisotopic (exact) mass is 307 g/mol. The van der Waals surface area contributed by atoms with E-state index < -0.39 is 0 Å². The van der Waals surface area contributed by atoms with Gasteiger partial charge >= 0.3 is 0 Å². The van der Waals surface area contributed by atoms with Crippen molar-refractivity contribution < 1.29 is 4.79 Å². The number of thioether (sulfide) groups is 1. The highest BCUT2D eigenvalue weighted by atomic mass is 32.2. The fourth-order valence-electron chi connectivity index (χ4n) is 2.67. The molecule has 1 saturated heterocycles. The van der Waals surface area contributed by atoms with Crippen LogP contribution in [-0.4, -0.2) is 46.5 Å². The number of amides is 1. The van der Waals surface area contributed by atoms with Crippen molar-refractivity contribution in [2.45, 2.75) is 26.3 Å². The highest BCUT2D eigenvalue weighted by Crippen LogP contribution is 2.35. The molecule has 0 spiro atoms. The van der Waals surface area contributed by atoms with Crippen molar-refractivity contribution in [2.24, 2.45) is 5.92 Å². The number of aromatic nitrogens is 2. The zero-order chi connectivity index (χ0) is 14.8. The first-order valence-electron chi connectivity index (χ1n) is 7.45. The van der Waals surface area contributed by atoms with Crippen molar-refractivity contribution in [3.63, 3.8) is 0 Å². The minimum atomic E-state index is -0.220. The molecule has 2 atom stereocenters. The van der Waals surface area contributed by atoms with Gasteiger partial charge in [0, 0.05) is 24.6 Å². The molecule has 0 saturated carbocycles. The Balaban J connectivity index is 1.89. The van der Waals surface area contributed by atoms with Crippen LogP contribution in [0.25, 0.3) is 0 Å². The van der Waals surface area contributed by atoms with Crippen molar-refractivity contribution in [1.82, 2.24) is 9.97 Å². The molecule has 2 unspecified atom stereocenters. The van der Waals surface area contributed by atoms with Crippen LogP contribution in [0, 0.1) is 5.92 Å². The average Bonchev–Trinajstić information content (AvgIpc) is 2.54. The standard InChI is InChI=1S/C14H21N5OS/c1-3-9(2)10-14(20)18-11-12(17-10)15-8-16-13(11)19-4-6-21-7-5-19/h8-10H,3-7H2,1-2H3,(H,18,20)(H,15,16,17). The fraction of sp³-hybridized carbons (Fsp3) is 0.643. The SMILES string of the molecule is CCC(C)C1Nc2ncnc(N3CCSCC3)c2NC1=O. The second kappa shape index (κ2) is 6.09. The molecule has 2 N–H and O–H groups in total. The largest absolute Gasteiger partial charge is 0.356 e. The van der Waals surface area contributed by atoms with E-state index in [0.717, 1.165) is 48.3 Å². The number of nitrogens with one attached hydrogen (secondary N) is 2. The third-order valence-corrected chi connectivity index (χ3v) is 5.12. The van der Waals surface area contributed by atoms with Crippen LogP contribution in [0.3, 0.4) is 0 Å². The lowest BCUT2D eigenvalue weighted by atomic mass is 9.97. The number of anilines is 3. The van der Waals surface area contributed by atoms with Crippen LogP contribution in [0.5, 0.6) is 0 Å². The Labute approximate surface area is 129 Å². The molecule has 0 radical (unpaired) electrons. The number of hydrogen-bond acceptors (Lipinski definition) is 6. The topological polar surface area (TPSA) is 70.2 Å². The van der Waals surface area contributed by atoms with Gasteiger partial charge in [-0.2, -0.15) is 11.8 Å². The highest BCUT2D eigenvalue weighted by molar-refractivity contribution is 7.99. The Hall–Kier alpha value is -1.50. The third-order valence-electron chi connectivity index (χ3n) is 4.17. The first-order chi connectivity index (χ1) is 10.2. The lowest BCUT2D eigenvalue weighted by Gasteiger charge is -2.34. The summed E-state index contributed by atoms with van der Waals surface area (Å²) < 4.78 is 0. The quantitative estimate of drug-likeness (QED) is 0.887. The third kappa shape index (κ3) is 2.79. The summed E-state index contributed by atoms with van der Waals surface area (Å²) in [5.74, 6) is 4.04. The predicted octanol–water partition coefficient (Wildman–Crippen LogP) is 1.81. The Kier molecular flexibility index (Phi) is 4.19. The van der Waals surface area contributed by atoms with Gasteiger partial charge in [0.05, 0.1) is 0 Å². The maximum absolute atomic E-state index is 12.3. The highest BCUT2D eigenvalue weighted by Gasteiger charge is 2.32. The summed E-state index contributed by atoms with van der Waals surface area (Å²) in [7, 11) is 0. The number of carbonyl (C=O) groups is 1. The van der Waals surface area contributed by atoms with E-state index in [9.17, 15) is 4.79 Å². The van der Waals surface area contributed by atoms with Crippen LogP contribution < -0.4 is 15.5 Å². The molecule has 2 aliphatic heterocycles. The van der Waals surface area contributed by atoms with Gasteiger partial charge in [-0.05, 0) is 5.92 Å².